The Bertz CT molecular complexity index is 559. The van der Waals surface area contributed by atoms with Crippen LogP contribution in [0.5, 0.6) is 11.5 Å². The van der Waals surface area contributed by atoms with E-state index in [0.29, 0.717) is 19.6 Å². The van der Waals surface area contributed by atoms with Crippen molar-refractivity contribution < 1.29 is 19.1 Å². The van der Waals surface area contributed by atoms with Crippen LogP contribution in [0.25, 0.3) is 0 Å². The number of fused-ring (bicyclic) bond motifs is 1. The van der Waals surface area contributed by atoms with Crippen LogP contribution in [0.3, 0.4) is 0 Å². The molecule has 0 saturated carbocycles. The van der Waals surface area contributed by atoms with Crippen molar-refractivity contribution in [2.75, 3.05) is 33.9 Å². The summed E-state index contributed by atoms with van der Waals surface area (Å²) in [4.78, 5) is 25.6. The van der Waals surface area contributed by atoms with E-state index in [1.165, 1.54) is 0 Å². The van der Waals surface area contributed by atoms with E-state index < -0.39 is 0 Å². The number of nitrogens with one attached hydrogen (secondary N) is 1. The Labute approximate surface area is 130 Å². The zero-order valence-electron chi connectivity index (χ0n) is 13.2. The molecule has 120 valence electrons. The Kier molecular flexibility index (Phi) is 5.25. The van der Waals surface area contributed by atoms with E-state index in [1.54, 1.807) is 19.1 Å². The van der Waals surface area contributed by atoms with Gasteiger partial charge < -0.3 is 19.7 Å². The van der Waals surface area contributed by atoms with Crippen LogP contribution in [0.1, 0.15) is 12.5 Å². The molecular weight excluding hydrogens is 284 g/mol. The Morgan fingerprint density at radius 1 is 1.45 bits per heavy atom. The third-order valence-electron chi connectivity index (χ3n) is 3.84. The lowest BCUT2D eigenvalue weighted by Crippen LogP contribution is -2.45. The van der Waals surface area contributed by atoms with Crippen LogP contribution in [0.4, 0.5) is 0 Å². The summed E-state index contributed by atoms with van der Waals surface area (Å²) >= 11 is 0. The Morgan fingerprint density at radius 2 is 2.23 bits per heavy atom. The van der Waals surface area contributed by atoms with Crippen molar-refractivity contribution in [1.29, 1.82) is 0 Å². The SMILES string of the molecule is CCN(CC(=O)NC)C(=O)[C@@H]1COc2cc(OC)ccc2C1. The molecule has 6 heteroatoms. The molecule has 6 nitrogen and oxygen atoms in total. The molecule has 0 fully saturated rings. The second kappa shape index (κ2) is 7.15. The highest BCUT2D eigenvalue weighted by Crippen LogP contribution is 2.31. The highest BCUT2D eigenvalue weighted by atomic mass is 16.5. The first-order valence-corrected chi connectivity index (χ1v) is 7.38. The number of likely N-dealkylation sites (N-methyl/N-ethyl adjacent to an activating group) is 2. The van der Waals surface area contributed by atoms with Crippen molar-refractivity contribution in [3.8, 4) is 11.5 Å². The van der Waals surface area contributed by atoms with Gasteiger partial charge in [0.25, 0.3) is 0 Å². The molecule has 0 aliphatic carbocycles. The number of hydrogen-bond acceptors (Lipinski definition) is 4. The molecule has 1 heterocycles. The largest absolute Gasteiger partial charge is 0.497 e. The van der Waals surface area contributed by atoms with Crippen molar-refractivity contribution in [3.05, 3.63) is 23.8 Å². The zero-order valence-corrected chi connectivity index (χ0v) is 13.2. The van der Waals surface area contributed by atoms with Crippen LogP contribution >= 0.6 is 0 Å². The fraction of sp³-hybridized carbons (Fsp3) is 0.500. The number of rotatable bonds is 5. The van der Waals surface area contributed by atoms with Gasteiger partial charge in [0.1, 0.15) is 18.1 Å². The van der Waals surface area contributed by atoms with E-state index in [-0.39, 0.29) is 24.3 Å². The van der Waals surface area contributed by atoms with Crippen LogP contribution in [-0.2, 0) is 16.0 Å². The van der Waals surface area contributed by atoms with E-state index in [1.807, 2.05) is 25.1 Å². The molecule has 1 aromatic carbocycles. The molecule has 2 rings (SSSR count). The van der Waals surface area contributed by atoms with E-state index >= 15 is 0 Å². The van der Waals surface area contributed by atoms with Gasteiger partial charge in [0.05, 0.1) is 19.6 Å². The van der Waals surface area contributed by atoms with Gasteiger partial charge in [0.2, 0.25) is 11.8 Å². The van der Waals surface area contributed by atoms with Gasteiger partial charge in [0.15, 0.2) is 0 Å². The number of hydrogen-bond donors (Lipinski definition) is 1. The minimum atomic E-state index is -0.259. The molecule has 1 aromatic rings. The summed E-state index contributed by atoms with van der Waals surface area (Å²) in [6.45, 7) is 2.77. The molecule has 2 amide bonds. The van der Waals surface area contributed by atoms with Crippen molar-refractivity contribution in [2.24, 2.45) is 5.92 Å². The Balaban J connectivity index is 2.07. The van der Waals surface area contributed by atoms with Crippen molar-refractivity contribution >= 4 is 11.8 Å². The molecule has 1 aliphatic heterocycles. The van der Waals surface area contributed by atoms with Crippen LogP contribution < -0.4 is 14.8 Å². The maximum atomic E-state index is 12.6. The second-order valence-electron chi connectivity index (χ2n) is 5.21. The van der Waals surface area contributed by atoms with E-state index in [2.05, 4.69) is 5.32 Å². The summed E-state index contributed by atoms with van der Waals surface area (Å²) in [5.41, 5.74) is 0.987. The first-order chi connectivity index (χ1) is 10.6. The lowest BCUT2D eigenvalue weighted by molar-refractivity contribution is -0.140. The molecule has 0 bridgehead atoms. The van der Waals surface area contributed by atoms with E-state index in [4.69, 9.17) is 9.47 Å². The minimum absolute atomic E-state index is 0.0485. The van der Waals surface area contributed by atoms with Crippen molar-refractivity contribution in [1.82, 2.24) is 10.2 Å². The average molecular weight is 306 g/mol. The maximum Gasteiger partial charge on any atom is 0.239 e. The first-order valence-electron chi connectivity index (χ1n) is 7.38. The lowest BCUT2D eigenvalue weighted by atomic mass is 9.95. The van der Waals surface area contributed by atoms with Gasteiger partial charge in [-0.1, -0.05) is 6.07 Å². The third kappa shape index (κ3) is 3.50. The molecule has 0 radical (unpaired) electrons. The summed E-state index contributed by atoms with van der Waals surface area (Å²) in [5.74, 6) is 1.02. The van der Waals surface area contributed by atoms with Crippen molar-refractivity contribution in [3.63, 3.8) is 0 Å². The standard InChI is InChI=1S/C16H22N2O4/c1-4-18(9-15(19)17-2)16(20)12-7-11-5-6-13(21-3)8-14(11)22-10-12/h5-6,8,12H,4,7,9-10H2,1-3H3,(H,17,19)/t12-/m0/s1. The van der Waals surface area contributed by atoms with Gasteiger partial charge in [-0.2, -0.15) is 0 Å². The fourth-order valence-electron chi connectivity index (χ4n) is 2.49. The number of methoxy groups -OCH3 is 1. The van der Waals surface area contributed by atoms with E-state index in [0.717, 1.165) is 17.1 Å². The molecule has 1 atom stereocenters. The zero-order chi connectivity index (χ0) is 16.1. The summed E-state index contributed by atoms with van der Waals surface area (Å²) < 4.78 is 10.9. The molecule has 22 heavy (non-hydrogen) atoms. The second-order valence-corrected chi connectivity index (χ2v) is 5.21. The minimum Gasteiger partial charge on any atom is -0.497 e. The smallest absolute Gasteiger partial charge is 0.239 e. The molecule has 0 spiro atoms. The van der Waals surface area contributed by atoms with Gasteiger partial charge >= 0.3 is 0 Å². The third-order valence-corrected chi connectivity index (χ3v) is 3.84. The number of nitrogens with zero attached hydrogens (tertiary/aromatic N) is 1. The highest BCUT2D eigenvalue weighted by molar-refractivity contribution is 5.86. The van der Waals surface area contributed by atoms with Crippen LogP contribution in [0.2, 0.25) is 0 Å². The fourth-order valence-corrected chi connectivity index (χ4v) is 2.49. The average Bonchev–Trinajstić information content (AvgIpc) is 2.57. The molecule has 0 aromatic heterocycles. The monoisotopic (exact) mass is 306 g/mol. The number of amides is 2. The number of benzene rings is 1. The van der Waals surface area contributed by atoms with Crippen LogP contribution in [-0.4, -0.2) is 50.6 Å². The predicted octanol–water partition coefficient (Wildman–Crippen LogP) is 0.841. The van der Waals surface area contributed by atoms with Crippen molar-refractivity contribution in [2.45, 2.75) is 13.3 Å². The van der Waals surface area contributed by atoms with Gasteiger partial charge in [-0.25, -0.2) is 0 Å². The molecule has 0 saturated heterocycles. The molecular formula is C16H22N2O4. The van der Waals surface area contributed by atoms with Crippen LogP contribution in [0.15, 0.2) is 18.2 Å². The summed E-state index contributed by atoms with van der Waals surface area (Å²) in [6, 6.07) is 5.61. The van der Waals surface area contributed by atoms with E-state index in [9.17, 15) is 9.59 Å². The van der Waals surface area contributed by atoms with Gasteiger partial charge in [-0.15, -0.1) is 0 Å². The van der Waals surface area contributed by atoms with Gasteiger partial charge in [-0.3, -0.25) is 9.59 Å². The lowest BCUT2D eigenvalue weighted by Gasteiger charge is -2.29. The first kappa shape index (κ1) is 16.1. The highest BCUT2D eigenvalue weighted by Gasteiger charge is 2.30. The quantitative estimate of drug-likeness (QED) is 0.875. The van der Waals surface area contributed by atoms with Gasteiger partial charge in [-0.05, 0) is 25.0 Å². The van der Waals surface area contributed by atoms with Crippen LogP contribution in [0, 0.1) is 5.92 Å². The van der Waals surface area contributed by atoms with Gasteiger partial charge in [0, 0.05) is 19.7 Å². The Morgan fingerprint density at radius 3 is 2.86 bits per heavy atom. The molecule has 0 unspecified atom stereocenters. The predicted molar refractivity (Wildman–Crippen MR) is 82.0 cm³/mol. The number of carbonyl (C=O) groups is 2. The topological polar surface area (TPSA) is 67.9 Å². The maximum absolute atomic E-state index is 12.6. The number of carbonyl (C=O) groups excluding carboxylic acids is 2. The summed E-state index contributed by atoms with van der Waals surface area (Å²) in [6.07, 6.45) is 0.613. The summed E-state index contributed by atoms with van der Waals surface area (Å²) in [5, 5.41) is 2.54. The molecule has 1 aliphatic rings. The Hall–Kier alpha value is -2.24. The molecule has 1 N–H and O–H groups in total. The summed E-state index contributed by atoms with van der Waals surface area (Å²) in [7, 11) is 3.17. The number of ether oxygens (including phenoxy) is 2. The normalized spacial score (nSPS) is 16.2.